The topological polar surface area (TPSA) is 63.9 Å². The lowest BCUT2D eigenvalue weighted by atomic mass is 10.3. The van der Waals surface area contributed by atoms with E-state index in [1.54, 1.807) is 30.3 Å². The van der Waals surface area contributed by atoms with Crippen molar-refractivity contribution in [1.82, 2.24) is 9.97 Å². The Morgan fingerprint density at radius 2 is 1.95 bits per heavy atom. The number of benzene rings is 2. The maximum Gasteiger partial charge on any atom is 0.300 e. The van der Waals surface area contributed by atoms with Gasteiger partial charge in [-0.15, -0.1) is 0 Å². The summed E-state index contributed by atoms with van der Waals surface area (Å²) in [4.78, 5) is 7.31. The average Bonchev–Trinajstić information content (AvgIpc) is 2.74. The Labute approximate surface area is 119 Å². The first-order valence-electron chi connectivity index (χ1n) is 5.50. The molecule has 0 bridgehead atoms. The molecule has 19 heavy (non-hydrogen) atoms. The molecule has 3 rings (SSSR count). The van der Waals surface area contributed by atoms with Gasteiger partial charge in [0.1, 0.15) is 5.75 Å². The van der Waals surface area contributed by atoms with Crippen LogP contribution in [-0.2, 0) is 0 Å². The number of nitrogen functional groups attached to an aromatic ring is 1. The van der Waals surface area contributed by atoms with Crippen LogP contribution in [0.2, 0.25) is 10.0 Å². The van der Waals surface area contributed by atoms with Gasteiger partial charge in [0.2, 0.25) is 0 Å². The molecule has 0 spiro atoms. The van der Waals surface area contributed by atoms with E-state index in [9.17, 15) is 0 Å². The smallest absolute Gasteiger partial charge is 0.300 e. The molecule has 1 heterocycles. The van der Waals surface area contributed by atoms with Gasteiger partial charge in [0.15, 0.2) is 0 Å². The molecule has 0 fully saturated rings. The number of nitrogens with zero attached hydrogens (tertiary/aromatic N) is 1. The zero-order chi connectivity index (χ0) is 13.4. The Balaban J connectivity index is 1.96. The van der Waals surface area contributed by atoms with E-state index in [0.29, 0.717) is 27.5 Å². The third kappa shape index (κ3) is 2.45. The van der Waals surface area contributed by atoms with Crippen LogP contribution >= 0.6 is 23.2 Å². The molecule has 3 N–H and O–H groups in total. The maximum atomic E-state index is 6.03. The Hall–Kier alpha value is -1.91. The number of fused-ring (bicyclic) bond motifs is 1. The summed E-state index contributed by atoms with van der Waals surface area (Å²) in [7, 11) is 0. The van der Waals surface area contributed by atoms with Crippen LogP contribution in [0.4, 0.5) is 5.69 Å². The highest BCUT2D eigenvalue weighted by Gasteiger charge is 2.08. The summed E-state index contributed by atoms with van der Waals surface area (Å²) in [5.41, 5.74) is 7.94. The van der Waals surface area contributed by atoms with Crippen molar-refractivity contribution >= 4 is 39.9 Å². The minimum absolute atomic E-state index is 0.352. The number of hydrogen-bond acceptors (Lipinski definition) is 3. The van der Waals surface area contributed by atoms with Crippen LogP contribution in [-0.4, -0.2) is 9.97 Å². The molecule has 4 nitrogen and oxygen atoms in total. The number of H-pyrrole nitrogens is 1. The fraction of sp³-hybridized carbons (Fsp3) is 0. The number of hydrogen-bond donors (Lipinski definition) is 2. The van der Waals surface area contributed by atoms with E-state index in [0.717, 1.165) is 11.0 Å². The Bertz CT molecular complexity index is 755. The highest BCUT2D eigenvalue weighted by Crippen LogP contribution is 2.31. The number of aromatic nitrogens is 2. The SMILES string of the molecule is Nc1ccc2nc(Oc3ccc(Cl)cc3Cl)[nH]c2c1. The molecule has 3 aromatic rings. The van der Waals surface area contributed by atoms with Gasteiger partial charge in [0.25, 0.3) is 6.01 Å². The summed E-state index contributed by atoms with van der Waals surface area (Å²) < 4.78 is 5.59. The molecule has 96 valence electrons. The second-order valence-electron chi connectivity index (χ2n) is 4.00. The molecule has 2 aromatic carbocycles. The van der Waals surface area contributed by atoms with E-state index in [-0.39, 0.29) is 0 Å². The quantitative estimate of drug-likeness (QED) is 0.695. The molecule has 0 atom stereocenters. The molecule has 6 heteroatoms. The molecular formula is C13H9Cl2N3O. The van der Waals surface area contributed by atoms with Crippen LogP contribution in [0, 0.1) is 0 Å². The molecule has 0 amide bonds. The summed E-state index contributed by atoms with van der Waals surface area (Å²) in [5, 5.41) is 0.974. The molecule has 1 aromatic heterocycles. The van der Waals surface area contributed by atoms with Crippen molar-refractivity contribution in [1.29, 1.82) is 0 Å². The van der Waals surface area contributed by atoms with E-state index in [4.69, 9.17) is 33.7 Å². The predicted molar refractivity (Wildman–Crippen MR) is 77.0 cm³/mol. The highest BCUT2D eigenvalue weighted by molar-refractivity contribution is 6.35. The van der Waals surface area contributed by atoms with E-state index in [1.807, 2.05) is 6.07 Å². The van der Waals surface area contributed by atoms with Crippen LogP contribution < -0.4 is 10.5 Å². The molecule has 0 saturated carbocycles. The number of aromatic amines is 1. The number of rotatable bonds is 2. The first-order valence-corrected chi connectivity index (χ1v) is 6.25. The Kier molecular flexibility index (Phi) is 2.97. The van der Waals surface area contributed by atoms with Crippen molar-refractivity contribution in [2.24, 2.45) is 0 Å². The number of imidazole rings is 1. The molecule has 0 aliphatic heterocycles. The number of halogens is 2. The molecule has 0 aliphatic rings. The lowest BCUT2D eigenvalue weighted by Crippen LogP contribution is -1.86. The monoisotopic (exact) mass is 293 g/mol. The first-order chi connectivity index (χ1) is 9.11. The number of nitrogens with two attached hydrogens (primary N) is 1. The number of ether oxygens (including phenoxy) is 1. The van der Waals surface area contributed by atoms with Gasteiger partial charge in [-0.2, -0.15) is 4.98 Å². The summed E-state index contributed by atoms with van der Waals surface area (Å²) in [6.07, 6.45) is 0. The van der Waals surface area contributed by atoms with Crippen LogP contribution in [0.1, 0.15) is 0 Å². The van der Waals surface area contributed by atoms with Crippen molar-refractivity contribution in [3.63, 3.8) is 0 Å². The van der Waals surface area contributed by atoms with Gasteiger partial charge < -0.3 is 15.5 Å². The van der Waals surface area contributed by atoms with Gasteiger partial charge in [-0.05, 0) is 36.4 Å². The second kappa shape index (κ2) is 4.64. The van der Waals surface area contributed by atoms with Gasteiger partial charge in [0, 0.05) is 10.7 Å². The largest absolute Gasteiger partial charge is 0.424 e. The third-order valence-electron chi connectivity index (χ3n) is 2.58. The van der Waals surface area contributed by atoms with Crippen molar-refractivity contribution in [3.05, 3.63) is 46.4 Å². The zero-order valence-corrected chi connectivity index (χ0v) is 11.2. The molecule has 0 saturated heterocycles. The lowest BCUT2D eigenvalue weighted by Gasteiger charge is -2.03. The Morgan fingerprint density at radius 1 is 1.11 bits per heavy atom. The van der Waals surface area contributed by atoms with E-state index in [1.165, 1.54) is 0 Å². The summed E-state index contributed by atoms with van der Waals surface area (Å²) in [5.74, 6) is 0.484. The van der Waals surface area contributed by atoms with Crippen molar-refractivity contribution in [2.75, 3.05) is 5.73 Å². The minimum atomic E-state index is 0.352. The standard InChI is InChI=1S/C13H9Cl2N3O/c14-7-1-4-12(9(15)5-7)19-13-17-10-3-2-8(16)6-11(10)18-13/h1-6H,16H2,(H,17,18). The molecule has 0 radical (unpaired) electrons. The van der Waals surface area contributed by atoms with E-state index in [2.05, 4.69) is 9.97 Å². The lowest BCUT2D eigenvalue weighted by molar-refractivity contribution is 0.449. The molecular weight excluding hydrogens is 285 g/mol. The highest BCUT2D eigenvalue weighted by atomic mass is 35.5. The van der Waals surface area contributed by atoms with Crippen molar-refractivity contribution in [2.45, 2.75) is 0 Å². The van der Waals surface area contributed by atoms with Gasteiger partial charge in [-0.25, -0.2) is 0 Å². The Morgan fingerprint density at radius 3 is 2.74 bits per heavy atom. The average molecular weight is 294 g/mol. The third-order valence-corrected chi connectivity index (χ3v) is 3.12. The zero-order valence-electron chi connectivity index (χ0n) is 9.65. The molecule has 0 aliphatic carbocycles. The van der Waals surface area contributed by atoms with Crippen molar-refractivity contribution in [3.8, 4) is 11.8 Å². The van der Waals surface area contributed by atoms with E-state index >= 15 is 0 Å². The normalized spacial score (nSPS) is 10.8. The number of nitrogens with one attached hydrogen (secondary N) is 1. The summed E-state index contributed by atoms with van der Waals surface area (Å²) >= 11 is 11.9. The minimum Gasteiger partial charge on any atom is -0.424 e. The van der Waals surface area contributed by atoms with Gasteiger partial charge in [0.05, 0.1) is 16.1 Å². The first kappa shape index (κ1) is 12.1. The van der Waals surface area contributed by atoms with E-state index < -0.39 is 0 Å². The van der Waals surface area contributed by atoms with Gasteiger partial charge in [-0.3, -0.25) is 0 Å². The van der Waals surface area contributed by atoms with Crippen LogP contribution in [0.25, 0.3) is 11.0 Å². The van der Waals surface area contributed by atoms with Crippen molar-refractivity contribution < 1.29 is 4.74 Å². The second-order valence-corrected chi connectivity index (χ2v) is 4.84. The number of anilines is 1. The fourth-order valence-electron chi connectivity index (χ4n) is 1.71. The van der Waals surface area contributed by atoms with Gasteiger partial charge >= 0.3 is 0 Å². The summed E-state index contributed by atoms with van der Waals surface area (Å²) in [6, 6.07) is 10.7. The van der Waals surface area contributed by atoms with Crippen LogP contribution in [0.15, 0.2) is 36.4 Å². The molecule has 0 unspecified atom stereocenters. The van der Waals surface area contributed by atoms with Gasteiger partial charge in [-0.1, -0.05) is 23.2 Å². The predicted octanol–water partition coefficient (Wildman–Crippen LogP) is 4.24. The maximum absolute atomic E-state index is 6.03. The fourth-order valence-corrected chi connectivity index (χ4v) is 2.16. The van der Waals surface area contributed by atoms with Crippen LogP contribution in [0.5, 0.6) is 11.8 Å². The van der Waals surface area contributed by atoms with Crippen LogP contribution in [0.3, 0.4) is 0 Å². The summed E-state index contributed by atoms with van der Waals surface area (Å²) in [6.45, 7) is 0.